The topological polar surface area (TPSA) is 29.5 Å². The van der Waals surface area contributed by atoms with Gasteiger partial charge >= 0.3 is 0 Å². The van der Waals surface area contributed by atoms with Gasteiger partial charge in [0.1, 0.15) is 0 Å². The molecule has 0 aliphatic heterocycles. The number of aliphatic hydroxyl groups is 1. The SMILES string of the molecule is COCCCCC1CCCC1O. The molecule has 0 aromatic carbocycles. The molecule has 1 N–H and O–H groups in total. The maximum atomic E-state index is 9.51. The molecule has 2 atom stereocenters. The van der Waals surface area contributed by atoms with Gasteiger partial charge in [0.2, 0.25) is 0 Å². The lowest BCUT2D eigenvalue weighted by Crippen LogP contribution is -2.12. The number of aliphatic hydroxyl groups excluding tert-OH is 1. The zero-order chi connectivity index (χ0) is 8.81. The molecule has 2 nitrogen and oxygen atoms in total. The highest BCUT2D eigenvalue weighted by molar-refractivity contribution is 4.76. The normalized spacial score (nSPS) is 29.5. The van der Waals surface area contributed by atoms with Crippen LogP contribution < -0.4 is 0 Å². The van der Waals surface area contributed by atoms with E-state index in [4.69, 9.17) is 4.74 Å². The maximum Gasteiger partial charge on any atom is 0.0568 e. The Bertz CT molecular complexity index is 114. The number of unbranched alkanes of at least 4 members (excludes halogenated alkanes) is 1. The number of hydrogen-bond donors (Lipinski definition) is 1. The van der Waals surface area contributed by atoms with Gasteiger partial charge in [-0.25, -0.2) is 0 Å². The third kappa shape index (κ3) is 3.11. The molecule has 0 saturated heterocycles. The van der Waals surface area contributed by atoms with Gasteiger partial charge in [-0.1, -0.05) is 12.8 Å². The highest BCUT2D eigenvalue weighted by Gasteiger charge is 2.23. The fourth-order valence-corrected chi connectivity index (χ4v) is 2.01. The minimum atomic E-state index is -0.00690. The van der Waals surface area contributed by atoms with Crippen molar-refractivity contribution in [1.82, 2.24) is 0 Å². The quantitative estimate of drug-likeness (QED) is 0.642. The van der Waals surface area contributed by atoms with Crippen molar-refractivity contribution in [2.45, 2.75) is 44.6 Å². The summed E-state index contributed by atoms with van der Waals surface area (Å²) in [6, 6.07) is 0. The molecule has 0 aromatic rings. The summed E-state index contributed by atoms with van der Waals surface area (Å²) >= 11 is 0. The molecule has 0 amide bonds. The summed E-state index contributed by atoms with van der Waals surface area (Å²) in [6.07, 6.45) is 6.99. The molecule has 1 fully saturated rings. The second kappa shape index (κ2) is 5.55. The van der Waals surface area contributed by atoms with Crippen molar-refractivity contribution < 1.29 is 9.84 Å². The van der Waals surface area contributed by atoms with E-state index < -0.39 is 0 Å². The third-order valence-electron chi connectivity index (χ3n) is 2.79. The molecule has 0 radical (unpaired) electrons. The molecule has 1 rings (SSSR count). The van der Waals surface area contributed by atoms with Crippen LogP contribution in [0.25, 0.3) is 0 Å². The Hall–Kier alpha value is -0.0800. The van der Waals surface area contributed by atoms with E-state index in [2.05, 4.69) is 0 Å². The van der Waals surface area contributed by atoms with Gasteiger partial charge in [0.15, 0.2) is 0 Å². The number of hydrogen-bond acceptors (Lipinski definition) is 2. The highest BCUT2D eigenvalue weighted by atomic mass is 16.5. The largest absolute Gasteiger partial charge is 0.393 e. The van der Waals surface area contributed by atoms with Crippen molar-refractivity contribution >= 4 is 0 Å². The van der Waals surface area contributed by atoms with E-state index in [1.54, 1.807) is 7.11 Å². The second-order valence-corrected chi connectivity index (χ2v) is 3.75. The zero-order valence-electron chi connectivity index (χ0n) is 7.96. The van der Waals surface area contributed by atoms with Crippen molar-refractivity contribution in [3.8, 4) is 0 Å². The van der Waals surface area contributed by atoms with Crippen LogP contribution in [0.2, 0.25) is 0 Å². The molecular weight excluding hydrogens is 152 g/mol. The van der Waals surface area contributed by atoms with Gasteiger partial charge in [-0.15, -0.1) is 0 Å². The Labute approximate surface area is 74.9 Å². The monoisotopic (exact) mass is 172 g/mol. The van der Waals surface area contributed by atoms with Crippen LogP contribution in [0.3, 0.4) is 0 Å². The third-order valence-corrected chi connectivity index (χ3v) is 2.79. The van der Waals surface area contributed by atoms with Crippen molar-refractivity contribution in [2.24, 2.45) is 5.92 Å². The van der Waals surface area contributed by atoms with E-state index in [1.165, 1.54) is 25.7 Å². The van der Waals surface area contributed by atoms with E-state index in [9.17, 15) is 5.11 Å². The second-order valence-electron chi connectivity index (χ2n) is 3.75. The average Bonchev–Trinajstić information content (AvgIpc) is 2.46. The Morgan fingerprint density at radius 2 is 2.17 bits per heavy atom. The van der Waals surface area contributed by atoms with E-state index in [0.717, 1.165) is 19.4 Å². The van der Waals surface area contributed by atoms with E-state index in [1.807, 2.05) is 0 Å². The molecular formula is C10H20O2. The predicted molar refractivity (Wildman–Crippen MR) is 49.1 cm³/mol. The van der Waals surface area contributed by atoms with Crippen LogP contribution in [-0.2, 0) is 4.74 Å². The summed E-state index contributed by atoms with van der Waals surface area (Å²) in [5, 5.41) is 9.51. The summed E-state index contributed by atoms with van der Waals surface area (Å²) in [6.45, 7) is 0.864. The van der Waals surface area contributed by atoms with E-state index in [-0.39, 0.29) is 6.10 Å². The maximum absolute atomic E-state index is 9.51. The van der Waals surface area contributed by atoms with Gasteiger partial charge in [0, 0.05) is 13.7 Å². The molecule has 1 aliphatic rings. The van der Waals surface area contributed by atoms with Crippen LogP contribution in [0, 0.1) is 5.92 Å². The summed E-state index contributed by atoms with van der Waals surface area (Å²) in [5.41, 5.74) is 0. The molecule has 2 unspecified atom stereocenters. The van der Waals surface area contributed by atoms with Crippen LogP contribution in [0.1, 0.15) is 38.5 Å². The summed E-state index contributed by atoms with van der Waals surface area (Å²) in [4.78, 5) is 0. The van der Waals surface area contributed by atoms with Crippen molar-refractivity contribution in [1.29, 1.82) is 0 Å². The Morgan fingerprint density at radius 3 is 2.75 bits per heavy atom. The standard InChI is InChI=1S/C10H20O2/c1-12-8-3-2-5-9-6-4-7-10(9)11/h9-11H,2-8H2,1H3. The molecule has 0 spiro atoms. The number of rotatable bonds is 5. The predicted octanol–water partition coefficient (Wildman–Crippen LogP) is 1.96. The minimum Gasteiger partial charge on any atom is -0.393 e. The lowest BCUT2D eigenvalue weighted by Gasteiger charge is -2.13. The van der Waals surface area contributed by atoms with Crippen LogP contribution in [-0.4, -0.2) is 24.9 Å². The zero-order valence-corrected chi connectivity index (χ0v) is 7.96. The Morgan fingerprint density at radius 1 is 1.33 bits per heavy atom. The average molecular weight is 172 g/mol. The first kappa shape index (κ1) is 10.0. The molecule has 12 heavy (non-hydrogen) atoms. The fourth-order valence-electron chi connectivity index (χ4n) is 2.01. The van der Waals surface area contributed by atoms with Crippen LogP contribution in [0.5, 0.6) is 0 Å². The molecule has 72 valence electrons. The van der Waals surface area contributed by atoms with Crippen LogP contribution in [0.4, 0.5) is 0 Å². The summed E-state index contributed by atoms with van der Waals surface area (Å²) < 4.78 is 4.97. The smallest absolute Gasteiger partial charge is 0.0568 e. The van der Waals surface area contributed by atoms with Gasteiger partial charge in [-0.3, -0.25) is 0 Å². The fraction of sp³-hybridized carbons (Fsp3) is 1.00. The van der Waals surface area contributed by atoms with Crippen molar-refractivity contribution in [2.75, 3.05) is 13.7 Å². The Balaban J connectivity index is 1.98. The van der Waals surface area contributed by atoms with Gasteiger partial charge in [-0.2, -0.15) is 0 Å². The highest BCUT2D eigenvalue weighted by Crippen LogP contribution is 2.29. The first-order valence-corrected chi connectivity index (χ1v) is 5.01. The lowest BCUT2D eigenvalue weighted by molar-refractivity contribution is 0.123. The lowest BCUT2D eigenvalue weighted by atomic mass is 9.99. The molecule has 1 aliphatic carbocycles. The number of methoxy groups -OCH3 is 1. The molecule has 1 saturated carbocycles. The van der Waals surface area contributed by atoms with Gasteiger partial charge in [0.25, 0.3) is 0 Å². The van der Waals surface area contributed by atoms with Gasteiger partial charge in [0.05, 0.1) is 6.10 Å². The van der Waals surface area contributed by atoms with Crippen molar-refractivity contribution in [3.63, 3.8) is 0 Å². The van der Waals surface area contributed by atoms with Gasteiger partial charge in [-0.05, 0) is 31.6 Å². The van der Waals surface area contributed by atoms with Crippen molar-refractivity contribution in [3.05, 3.63) is 0 Å². The van der Waals surface area contributed by atoms with Crippen LogP contribution in [0.15, 0.2) is 0 Å². The summed E-state index contributed by atoms with van der Waals surface area (Å²) in [5.74, 6) is 0.585. The molecule has 0 heterocycles. The molecule has 2 heteroatoms. The van der Waals surface area contributed by atoms with Crippen LogP contribution >= 0.6 is 0 Å². The number of ether oxygens (including phenoxy) is 1. The first-order chi connectivity index (χ1) is 5.84. The molecule has 0 bridgehead atoms. The van der Waals surface area contributed by atoms with Gasteiger partial charge < -0.3 is 9.84 Å². The van der Waals surface area contributed by atoms with E-state index >= 15 is 0 Å². The summed E-state index contributed by atoms with van der Waals surface area (Å²) in [7, 11) is 1.74. The molecule has 0 aromatic heterocycles. The minimum absolute atomic E-state index is 0.00690. The first-order valence-electron chi connectivity index (χ1n) is 5.01. The Kier molecular flexibility index (Phi) is 4.62. The van der Waals surface area contributed by atoms with E-state index in [0.29, 0.717) is 5.92 Å².